The quantitative estimate of drug-likeness (QED) is 0.657. The first-order chi connectivity index (χ1) is 10.0. The molecule has 0 fully saturated rings. The van der Waals surface area contributed by atoms with Crippen molar-refractivity contribution in [1.82, 2.24) is 10.4 Å². The van der Waals surface area contributed by atoms with Crippen LogP contribution in [0, 0.1) is 11.6 Å². The molecule has 1 atom stereocenters. The van der Waals surface area contributed by atoms with Gasteiger partial charge in [0.2, 0.25) is 0 Å². The largest absolute Gasteiger partial charge is 0.489 e. The van der Waals surface area contributed by atoms with E-state index in [0.29, 0.717) is 11.3 Å². The van der Waals surface area contributed by atoms with Gasteiger partial charge < -0.3 is 4.74 Å². The van der Waals surface area contributed by atoms with Crippen molar-refractivity contribution in [2.45, 2.75) is 26.0 Å². The number of nitrogens with one attached hydrogen (secondary N) is 1. The smallest absolute Gasteiger partial charge is 0.138 e. The van der Waals surface area contributed by atoms with Crippen LogP contribution in [0.2, 0.25) is 0 Å². The molecule has 0 amide bonds. The first kappa shape index (κ1) is 15.3. The van der Waals surface area contributed by atoms with Gasteiger partial charge in [0.1, 0.15) is 17.4 Å². The minimum atomic E-state index is -0.673. The summed E-state index contributed by atoms with van der Waals surface area (Å²) in [6.45, 7) is 3.79. The van der Waals surface area contributed by atoms with E-state index in [1.54, 1.807) is 18.5 Å². The maximum absolute atomic E-state index is 13.9. The van der Waals surface area contributed by atoms with E-state index in [2.05, 4.69) is 10.4 Å². The topological polar surface area (TPSA) is 60.2 Å². The molecule has 0 saturated heterocycles. The molecule has 0 spiro atoms. The van der Waals surface area contributed by atoms with Gasteiger partial charge in [-0.05, 0) is 31.5 Å². The normalized spacial score (nSPS) is 12.5. The second kappa shape index (κ2) is 6.60. The highest BCUT2D eigenvalue weighted by atomic mass is 19.1. The zero-order valence-corrected chi connectivity index (χ0v) is 11.8. The number of hydrogen-bond acceptors (Lipinski definition) is 4. The summed E-state index contributed by atoms with van der Waals surface area (Å²) in [5.41, 5.74) is 3.38. The molecule has 0 aliphatic carbocycles. The van der Waals surface area contributed by atoms with E-state index in [-0.39, 0.29) is 11.7 Å². The van der Waals surface area contributed by atoms with Crippen LogP contribution >= 0.6 is 0 Å². The average Bonchev–Trinajstić information content (AvgIpc) is 2.41. The molecule has 1 heterocycles. The van der Waals surface area contributed by atoms with Gasteiger partial charge in [-0.3, -0.25) is 10.8 Å². The summed E-state index contributed by atoms with van der Waals surface area (Å²) in [5.74, 6) is 4.77. The number of nitrogens with two attached hydrogens (primary N) is 1. The van der Waals surface area contributed by atoms with Gasteiger partial charge >= 0.3 is 0 Å². The third-order valence-electron chi connectivity index (χ3n) is 2.88. The molecule has 0 aliphatic rings. The highest BCUT2D eigenvalue weighted by molar-refractivity contribution is 5.35. The van der Waals surface area contributed by atoms with Gasteiger partial charge in [0.15, 0.2) is 0 Å². The number of rotatable bonds is 5. The summed E-state index contributed by atoms with van der Waals surface area (Å²) in [6.07, 6.45) is 3.12. The molecule has 2 rings (SSSR count). The van der Waals surface area contributed by atoms with Gasteiger partial charge in [-0.15, -0.1) is 0 Å². The number of hydrogen-bond donors (Lipinski definition) is 2. The molecule has 21 heavy (non-hydrogen) atoms. The van der Waals surface area contributed by atoms with Crippen molar-refractivity contribution in [2.24, 2.45) is 5.84 Å². The predicted molar refractivity (Wildman–Crippen MR) is 75.5 cm³/mol. The summed E-state index contributed by atoms with van der Waals surface area (Å²) in [7, 11) is 0. The zero-order chi connectivity index (χ0) is 15.4. The van der Waals surface area contributed by atoms with E-state index in [9.17, 15) is 8.78 Å². The number of hydrazine groups is 1. The molecule has 6 heteroatoms. The highest BCUT2D eigenvalue weighted by Crippen LogP contribution is 2.26. The minimum Gasteiger partial charge on any atom is -0.489 e. The molecule has 0 radical (unpaired) electrons. The lowest BCUT2D eigenvalue weighted by Gasteiger charge is -2.18. The van der Waals surface area contributed by atoms with Crippen molar-refractivity contribution >= 4 is 0 Å². The zero-order valence-electron chi connectivity index (χ0n) is 11.8. The molecule has 2 aromatic rings. The highest BCUT2D eigenvalue weighted by Gasteiger charge is 2.18. The summed E-state index contributed by atoms with van der Waals surface area (Å²) >= 11 is 0. The summed E-state index contributed by atoms with van der Waals surface area (Å²) in [4.78, 5) is 4.06. The van der Waals surface area contributed by atoms with Gasteiger partial charge in [-0.1, -0.05) is 6.07 Å². The Hall–Kier alpha value is -2.05. The van der Waals surface area contributed by atoms with Crippen LogP contribution in [0.1, 0.15) is 31.0 Å². The molecule has 3 N–H and O–H groups in total. The van der Waals surface area contributed by atoms with Crippen molar-refractivity contribution in [3.8, 4) is 5.75 Å². The number of benzene rings is 1. The third-order valence-corrected chi connectivity index (χ3v) is 2.88. The maximum atomic E-state index is 13.9. The Morgan fingerprint density at radius 3 is 2.57 bits per heavy atom. The van der Waals surface area contributed by atoms with Crippen LogP contribution in [0.25, 0.3) is 0 Å². The fraction of sp³-hybridized carbons (Fsp3) is 0.267. The molecule has 0 aliphatic heterocycles. The van der Waals surface area contributed by atoms with Gasteiger partial charge in [-0.2, -0.15) is 0 Å². The Morgan fingerprint density at radius 1 is 1.19 bits per heavy atom. The standard InChI is InChI=1S/C15H17F2N3O/c1-9(2)21-12-5-10(7-19-8-12)15(20-18)13-4-3-11(16)6-14(13)17/h3-9,15,20H,18H2,1-2H3. The van der Waals surface area contributed by atoms with E-state index >= 15 is 0 Å². The van der Waals surface area contributed by atoms with Crippen LogP contribution < -0.4 is 16.0 Å². The van der Waals surface area contributed by atoms with Gasteiger partial charge in [-0.25, -0.2) is 14.2 Å². The van der Waals surface area contributed by atoms with Crippen LogP contribution in [0.5, 0.6) is 5.75 Å². The maximum Gasteiger partial charge on any atom is 0.138 e. The monoisotopic (exact) mass is 293 g/mol. The van der Waals surface area contributed by atoms with Crippen molar-refractivity contribution in [1.29, 1.82) is 0 Å². The lowest BCUT2D eigenvalue weighted by Crippen LogP contribution is -2.29. The molecule has 0 bridgehead atoms. The SMILES string of the molecule is CC(C)Oc1cncc(C(NN)c2ccc(F)cc2F)c1. The fourth-order valence-electron chi connectivity index (χ4n) is 2.03. The van der Waals surface area contributed by atoms with Gasteiger partial charge in [0, 0.05) is 17.8 Å². The average molecular weight is 293 g/mol. The summed E-state index contributed by atoms with van der Waals surface area (Å²) < 4.78 is 32.4. The van der Waals surface area contributed by atoms with Crippen LogP contribution in [0.3, 0.4) is 0 Å². The van der Waals surface area contributed by atoms with Crippen molar-refractivity contribution in [2.75, 3.05) is 0 Å². The lowest BCUT2D eigenvalue weighted by atomic mass is 10.00. The summed E-state index contributed by atoms with van der Waals surface area (Å²) in [5, 5.41) is 0. The van der Waals surface area contributed by atoms with E-state index in [4.69, 9.17) is 10.6 Å². The Morgan fingerprint density at radius 2 is 1.95 bits per heavy atom. The number of nitrogens with zero attached hydrogens (tertiary/aromatic N) is 1. The number of halogens is 2. The second-order valence-corrected chi connectivity index (χ2v) is 4.89. The Bertz CT molecular complexity index is 620. The lowest BCUT2D eigenvalue weighted by molar-refractivity contribution is 0.241. The van der Waals surface area contributed by atoms with Gasteiger partial charge in [0.25, 0.3) is 0 Å². The summed E-state index contributed by atoms with van der Waals surface area (Å²) in [6, 6.07) is 4.44. The molecule has 1 aromatic carbocycles. The molecule has 1 unspecified atom stereocenters. The van der Waals surface area contributed by atoms with E-state index in [1.165, 1.54) is 12.1 Å². The van der Waals surface area contributed by atoms with Crippen molar-refractivity contribution in [3.63, 3.8) is 0 Å². The van der Waals surface area contributed by atoms with Crippen molar-refractivity contribution in [3.05, 3.63) is 59.4 Å². The molecular formula is C15H17F2N3O. The molecular weight excluding hydrogens is 276 g/mol. The third kappa shape index (κ3) is 3.74. The van der Waals surface area contributed by atoms with Crippen LogP contribution in [0.15, 0.2) is 36.7 Å². The van der Waals surface area contributed by atoms with Crippen LogP contribution in [0.4, 0.5) is 8.78 Å². The van der Waals surface area contributed by atoms with E-state index in [1.807, 2.05) is 13.8 Å². The van der Waals surface area contributed by atoms with Crippen molar-refractivity contribution < 1.29 is 13.5 Å². The van der Waals surface area contributed by atoms with E-state index in [0.717, 1.165) is 6.07 Å². The second-order valence-electron chi connectivity index (χ2n) is 4.89. The molecule has 0 saturated carbocycles. The molecule has 4 nitrogen and oxygen atoms in total. The molecule has 112 valence electrons. The Kier molecular flexibility index (Phi) is 4.82. The first-order valence-corrected chi connectivity index (χ1v) is 6.54. The predicted octanol–water partition coefficient (Wildman–Crippen LogP) is 2.70. The number of ether oxygens (including phenoxy) is 1. The van der Waals surface area contributed by atoms with Crippen LogP contribution in [-0.2, 0) is 0 Å². The fourth-order valence-corrected chi connectivity index (χ4v) is 2.03. The first-order valence-electron chi connectivity index (χ1n) is 6.54. The van der Waals surface area contributed by atoms with Gasteiger partial charge in [0.05, 0.1) is 18.3 Å². The Labute approximate surface area is 121 Å². The molecule has 1 aromatic heterocycles. The number of aromatic nitrogens is 1. The Balaban J connectivity index is 2.37. The minimum absolute atomic E-state index is 0.00565. The van der Waals surface area contributed by atoms with Crippen LogP contribution in [-0.4, -0.2) is 11.1 Å². The van der Waals surface area contributed by atoms with E-state index < -0.39 is 17.7 Å². The number of pyridine rings is 1.